The Hall–Kier alpha value is -0.803. The summed E-state index contributed by atoms with van der Waals surface area (Å²) in [4.78, 5) is 22.3. The van der Waals surface area contributed by atoms with Crippen molar-refractivity contribution in [3.05, 3.63) is 11.6 Å². The number of rotatable bonds is 11. The number of carbonyl (C=O) groups excluding carboxylic acids is 2. The van der Waals surface area contributed by atoms with Gasteiger partial charge in [-0.25, -0.2) is 0 Å². The van der Waals surface area contributed by atoms with Crippen molar-refractivity contribution in [2.45, 2.75) is 75.5 Å². The lowest BCUT2D eigenvalue weighted by Gasteiger charge is -2.36. The molecule has 7 nitrogen and oxygen atoms in total. The van der Waals surface area contributed by atoms with Crippen LogP contribution in [0, 0.1) is 5.41 Å². The Balaban J connectivity index is 5.48. The lowest BCUT2D eigenvalue weighted by Crippen LogP contribution is -2.41. The second-order valence-electron chi connectivity index (χ2n) is 8.58. The van der Waals surface area contributed by atoms with E-state index in [2.05, 4.69) is 33.9 Å². The third-order valence-corrected chi connectivity index (χ3v) is 9.86. The lowest BCUT2D eigenvalue weighted by atomic mass is 10.1. The molecule has 0 heterocycles. The van der Waals surface area contributed by atoms with E-state index in [1.807, 2.05) is 0 Å². The minimum atomic E-state index is -2.01. The van der Waals surface area contributed by atoms with Gasteiger partial charge in [-0.1, -0.05) is 55.6 Å². The number of alkyl halides is 3. The summed E-state index contributed by atoms with van der Waals surface area (Å²) >= 11 is 17.3. The predicted octanol–water partition coefficient (Wildman–Crippen LogP) is 5.57. The van der Waals surface area contributed by atoms with Crippen LogP contribution in [0.15, 0.2) is 11.6 Å². The molecule has 0 spiro atoms. The van der Waals surface area contributed by atoms with Crippen LogP contribution in [0.2, 0.25) is 18.1 Å². The normalized spacial score (nSPS) is 14.1. The maximum absolute atomic E-state index is 11.2. The van der Waals surface area contributed by atoms with Gasteiger partial charge in [0.2, 0.25) is 5.90 Å². The Labute approximate surface area is 201 Å². The third-order valence-electron chi connectivity index (χ3n) is 4.81. The lowest BCUT2D eigenvalue weighted by molar-refractivity contribution is -0.142. The van der Waals surface area contributed by atoms with Crippen LogP contribution in [0.25, 0.3) is 0 Å². The molecule has 0 saturated heterocycles. The smallest absolute Gasteiger partial charge is 0.302 e. The van der Waals surface area contributed by atoms with E-state index in [-0.39, 0.29) is 18.3 Å². The molecule has 180 valence electrons. The van der Waals surface area contributed by atoms with Gasteiger partial charge >= 0.3 is 11.9 Å². The van der Waals surface area contributed by atoms with Crippen molar-refractivity contribution in [3.63, 3.8) is 0 Å². The molecule has 11 heteroatoms. The van der Waals surface area contributed by atoms with Crippen molar-refractivity contribution in [1.82, 2.24) is 0 Å². The van der Waals surface area contributed by atoms with Crippen LogP contribution in [0.3, 0.4) is 0 Å². The van der Waals surface area contributed by atoms with Gasteiger partial charge in [0.25, 0.3) is 3.79 Å². The van der Waals surface area contributed by atoms with Crippen LogP contribution in [-0.2, 0) is 28.2 Å². The van der Waals surface area contributed by atoms with Crippen molar-refractivity contribution in [1.29, 1.82) is 5.41 Å². The molecule has 0 aromatic heterocycles. The van der Waals surface area contributed by atoms with E-state index in [0.717, 1.165) is 0 Å². The molecule has 0 aliphatic heterocycles. The van der Waals surface area contributed by atoms with Crippen molar-refractivity contribution >= 4 is 61.0 Å². The predicted molar refractivity (Wildman–Crippen MR) is 127 cm³/mol. The van der Waals surface area contributed by atoms with Crippen LogP contribution >= 0.6 is 34.8 Å². The Morgan fingerprint density at radius 2 is 1.58 bits per heavy atom. The highest BCUT2D eigenvalue weighted by molar-refractivity contribution is 6.76. The van der Waals surface area contributed by atoms with E-state index in [4.69, 9.17) is 58.8 Å². The summed E-state index contributed by atoms with van der Waals surface area (Å²) in [5.74, 6) is -1.40. The minimum Gasteiger partial charge on any atom is -0.470 e. The van der Waals surface area contributed by atoms with Crippen molar-refractivity contribution < 1.29 is 28.2 Å². The summed E-state index contributed by atoms with van der Waals surface area (Å²) in [5, 5.41) is 7.94. The second kappa shape index (κ2) is 13.0. The first-order chi connectivity index (χ1) is 14.0. The van der Waals surface area contributed by atoms with Crippen molar-refractivity contribution in [3.8, 4) is 0 Å². The molecule has 0 rings (SSSR count). The second-order valence-corrected chi connectivity index (χ2v) is 15.7. The standard InChI is InChI=1S/C20H34Cl3NO6Si/c1-14(25)27-10-8-16(13-28-15(2)26)12-17(30-18(24)20(21,22)23)9-11-29-31(6,7)19(3,4)5/h12,17,24H,8-11,13H2,1-7H3/b16-12+,24-18?/t17-/m1/s1. The number of hydrogen-bond donors (Lipinski definition) is 1. The molecule has 0 aliphatic rings. The largest absolute Gasteiger partial charge is 0.470 e. The quantitative estimate of drug-likeness (QED) is 0.0959. The fourth-order valence-electron chi connectivity index (χ4n) is 2.03. The molecule has 31 heavy (non-hydrogen) atoms. The highest BCUT2D eigenvalue weighted by Crippen LogP contribution is 2.36. The molecule has 0 bridgehead atoms. The molecule has 0 unspecified atom stereocenters. The first kappa shape index (κ1) is 30.2. The van der Waals surface area contributed by atoms with Gasteiger partial charge in [-0.15, -0.1) is 0 Å². The van der Waals surface area contributed by atoms with Gasteiger partial charge < -0.3 is 18.6 Å². The van der Waals surface area contributed by atoms with E-state index in [0.29, 0.717) is 25.0 Å². The van der Waals surface area contributed by atoms with Gasteiger partial charge in [-0.3, -0.25) is 15.0 Å². The summed E-state index contributed by atoms with van der Waals surface area (Å²) < 4.78 is 19.8. The number of esters is 2. The monoisotopic (exact) mass is 517 g/mol. The average Bonchev–Trinajstić information content (AvgIpc) is 2.56. The van der Waals surface area contributed by atoms with Crippen LogP contribution in [0.4, 0.5) is 0 Å². The van der Waals surface area contributed by atoms with Crippen LogP contribution in [-0.4, -0.2) is 55.9 Å². The molecule has 1 atom stereocenters. The summed E-state index contributed by atoms with van der Waals surface area (Å²) in [6.45, 7) is 13.7. The van der Waals surface area contributed by atoms with Crippen LogP contribution in [0.1, 0.15) is 47.5 Å². The van der Waals surface area contributed by atoms with Crippen molar-refractivity contribution in [2.24, 2.45) is 0 Å². The van der Waals surface area contributed by atoms with Gasteiger partial charge in [0.1, 0.15) is 12.7 Å². The molecule has 0 aliphatic carbocycles. The zero-order chi connectivity index (χ0) is 24.5. The first-order valence-corrected chi connectivity index (χ1v) is 13.9. The van der Waals surface area contributed by atoms with Gasteiger partial charge in [-0.2, -0.15) is 0 Å². The maximum atomic E-state index is 11.2. The topological polar surface area (TPSA) is 94.9 Å². The van der Waals surface area contributed by atoms with E-state index >= 15 is 0 Å². The van der Waals surface area contributed by atoms with Crippen LogP contribution in [0.5, 0.6) is 0 Å². The Bertz CT molecular complexity index is 656. The molecule has 0 aromatic carbocycles. The highest BCUT2D eigenvalue weighted by atomic mass is 35.6. The maximum Gasteiger partial charge on any atom is 0.302 e. The molecule has 0 aromatic rings. The number of ether oxygens (including phenoxy) is 3. The van der Waals surface area contributed by atoms with E-state index in [1.54, 1.807) is 6.08 Å². The average molecular weight is 519 g/mol. The van der Waals surface area contributed by atoms with Gasteiger partial charge in [0.05, 0.1) is 6.61 Å². The fourth-order valence-corrected chi connectivity index (χ4v) is 3.22. The Morgan fingerprint density at radius 3 is 2.03 bits per heavy atom. The molecular formula is C20H34Cl3NO6Si. The highest BCUT2D eigenvalue weighted by Gasteiger charge is 2.37. The number of halogens is 3. The van der Waals surface area contributed by atoms with Crippen LogP contribution < -0.4 is 0 Å². The number of carbonyl (C=O) groups is 2. The summed E-state index contributed by atoms with van der Waals surface area (Å²) in [6.07, 6.45) is 1.71. The summed E-state index contributed by atoms with van der Waals surface area (Å²) in [6, 6.07) is 0. The molecule has 0 radical (unpaired) electrons. The molecule has 0 amide bonds. The van der Waals surface area contributed by atoms with Gasteiger partial charge in [0.15, 0.2) is 8.32 Å². The zero-order valence-electron chi connectivity index (χ0n) is 19.3. The summed E-state index contributed by atoms with van der Waals surface area (Å²) in [5.41, 5.74) is 0.644. The number of hydrogen-bond acceptors (Lipinski definition) is 7. The van der Waals surface area contributed by atoms with Gasteiger partial charge in [0, 0.05) is 33.3 Å². The molecule has 0 saturated carbocycles. The number of nitrogens with one attached hydrogen (secondary N) is 1. The Kier molecular flexibility index (Phi) is 12.7. The van der Waals surface area contributed by atoms with Gasteiger partial charge in [-0.05, 0) is 29.8 Å². The zero-order valence-corrected chi connectivity index (χ0v) is 22.5. The van der Waals surface area contributed by atoms with E-state index in [1.165, 1.54) is 13.8 Å². The molecular weight excluding hydrogens is 485 g/mol. The molecule has 1 N–H and O–H groups in total. The van der Waals surface area contributed by atoms with E-state index < -0.39 is 36.1 Å². The van der Waals surface area contributed by atoms with E-state index in [9.17, 15) is 9.59 Å². The Morgan fingerprint density at radius 1 is 1.03 bits per heavy atom. The first-order valence-electron chi connectivity index (χ1n) is 9.88. The molecule has 0 fully saturated rings. The minimum absolute atomic E-state index is 0.0132. The summed E-state index contributed by atoms with van der Waals surface area (Å²) in [7, 11) is -1.99. The fraction of sp³-hybridized carbons (Fsp3) is 0.750. The SMILES string of the molecule is CC(=O)OCC/C(=C\[C@@H](CCO[Si](C)(C)C(C)(C)C)OC(=N)C(Cl)(Cl)Cl)COC(C)=O. The third kappa shape index (κ3) is 13.4. The van der Waals surface area contributed by atoms with Crippen molar-refractivity contribution in [2.75, 3.05) is 19.8 Å².